The van der Waals surface area contributed by atoms with Crippen LogP contribution in [0.5, 0.6) is 0 Å². The molecule has 6 aromatic rings. The summed E-state index contributed by atoms with van der Waals surface area (Å²) in [6.45, 7) is 34.3. The number of alkyl halides is 2. The molecule has 0 fully saturated rings. The molecule has 0 spiro atoms. The Morgan fingerprint density at radius 2 is 0.575 bits per heavy atom. The maximum atomic E-state index is 4.17. The number of para-hydroxylation sites is 3. The van der Waals surface area contributed by atoms with Crippen LogP contribution in [0.4, 0.5) is 51.2 Å². The second-order valence-electron chi connectivity index (χ2n) is 13.9. The van der Waals surface area contributed by atoms with Crippen molar-refractivity contribution in [3.8, 4) is 0 Å². The molecule has 0 heterocycles. The second kappa shape index (κ2) is 42.2. The molecule has 0 N–H and O–H groups in total. The fourth-order valence-electron chi connectivity index (χ4n) is 7.19. The molecule has 0 aliphatic heterocycles. The number of rotatable bonds is 18. The first-order chi connectivity index (χ1) is 36.0. The van der Waals surface area contributed by atoms with Gasteiger partial charge in [0, 0.05) is 68.3 Å². The summed E-state index contributed by atoms with van der Waals surface area (Å²) in [6, 6.07) is 57.4. The molecule has 0 saturated carbocycles. The van der Waals surface area contributed by atoms with Gasteiger partial charge in [-0.05, 0) is 176 Å². The fraction of sp³-hybridized carbons (Fsp3) is 0.194. The number of hydrogen-bond donors (Lipinski definition) is 0. The Morgan fingerprint density at radius 1 is 0.329 bits per heavy atom. The van der Waals surface area contributed by atoms with Crippen molar-refractivity contribution in [1.29, 1.82) is 0 Å². The molecule has 0 amide bonds. The molecule has 0 aliphatic rings. The van der Waals surface area contributed by atoms with Crippen LogP contribution in [-0.4, -0.2) is 9.86 Å². The summed E-state index contributed by atoms with van der Waals surface area (Å²) in [5, 5.41) is 0. The van der Waals surface area contributed by atoms with Crippen molar-refractivity contribution >= 4 is 96.4 Å². The van der Waals surface area contributed by atoms with Crippen LogP contribution < -0.4 is 19.6 Å². The van der Waals surface area contributed by atoms with Crippen molar-refractivity contribution < 1.29 is 0 Å². The molecule has 6 aromatic carbocycles. The average molecular weight is 1200 g/mol. The lowest BCUT2D eigenvalue weighted by Crippen LogP contribution is -2.17. The van der Waals surface area contributed by atoms with Gasteiger partial charge in [-0.15, -0.1) is 0 Å². The quantitative estimate of drug-likeness (QED) is 0.0483. The maximum Gasteiger partial charge on any atom is 0.0463 e. The van der Waals surface area contributed by atoms with Crippen LogP contribution in [0.1, 0.15) is 76.2 Å². The van der Waals surface area contributed by atoms with Crippen LogP contribution in [0.3, 0.4) is 0 Å². The van der Waals surface area contributed by atoms with Crippen LogP contribution >= 0.6 is 45.2 Å². The Morgan fingerprint density at radius 3 is 0.808 bits per heavy atom. The minimum Gasteiger partial charge on any atom is -0.311 e. The summed E-state index contributed by atoms with van der Waals surface area (Å²) in [5.41, 5.74) is 12.3. The summed E-state index contributed by atoms with van der Waals surface area (Å²) < 4.78 is 0. The van der Waals surface area contributed by atoms with Crippen molar-refractivity contribution in [2.75, 3.05) is 29.5 Å². The first-order valence-electron chi connectivity index (χ1n) is 25.3. The number of allylic oxidation sites excluding steroid dienone is 12. The third kappa shape index (κ3) is 20.6. The van der Waals surface area contributed by atoms with E-state index in [1.165, 1.54) is 0 Å². The Bertz CT molecular complexity index is 2420. The highest BCUT2D eigenvalue weighted by Crippen LogP contribution is 2.41. The first-order valence-corrected chi connectivity index (χ1v) is 29.6. The molecule has 6 rings (SSSR count). The van der Waals surface area contributed by atoms with Gasteiger partial charge in [0.25, 0.3) is 0 Å². The number of hydrogen-bond acceptors (Lipinski definition) is 4. The molecule has 6 heteroatoms. The Kier molecular flexibility index (Phi) is 38.5. The van der Waals surface area contributed by atoms with Gasteiger partial charge in [-0.3, -0.25) is 0 Å². The molecule has 0 aromatic heterocycles. The maximum absolute atomic E-state index is 4.17. The molecular formula is C67H84I2N4. The topological polar surface area (TPSA) is 13.0 Å². The van der Waals surface area contributed by atoms with Crippen molar-refractivity contribution in [2.24, 2.45) is 0 Å². The standard InChI is InChI=1S/C57H54N4.4C2H6.2CH3I/c1-7-13-27-46(12-6)58(49-28-17-14-18-29-49)52-34-36-55(37-35-52)61(56-42-38-53(39-43-56)59(47(23-8-2)24-9-3)50-30-19-15-20-31-50)57-44-40-54(41-45-57)60(48(25-10-4)26-11-5)51-32-21-16-22-33-51;6*1-2/h7-45H,2,4,6H2,1,3,5H3;4*1-2H3;2*1H3/b13-7-,24-9-,26-11-,46-27+,47-23+,48-25+;;;;;;. The number of halogens is 2. The SMILES string of the molecule is C=C/C=C(\C=C/C)N(c1ccccc1)c1ccc(N(c2ccc(N(/C(C=C)=C/C=C\C)c3ccccc3)cc2)c2ccc(N(C(/C=C\C)=C/C=C)c3ccccc3)cc2)cc1.CC.CC.CC.CC.CI.CI. The predicted molar refractivity (Wildman–Crippen MR) is 351 cm³/mol. The third-order valence-corrected chi connectivity index (χ3v) is 9.84. The van der Waals surface area contributed by atoms with Gasteiger partial charge in [0.1, 0.15) is 0 Å². The van der Waals surface area contributed by atoms with Gasteiger partial charge >= 0.3 is 0 Å². The Hall–Kier alpha value is -6.36. The fourth-order valence-corrected chi connectivity index (χ4v) is 7.19. The monoisotopic (exact) mass is 1200 g/mol. The largest absolute Gasteiger partial charge is 0.311 e. The smallest absolute Gasteiger partial charge is 0.0463 e. The first kappa shape index (κ1) is 66.6. The number of nitrogens with zero attached hydrogens (tertiary/aromatic N) is 4. The zero-order valence-corrected chi connectivity index (χ0v) is 50.5. The highest BCUT2D eigenvalue weighted by molar-refractivity contribution is 14.1. The summed E-state index contributed by atoms with van der Waals surface area (Å²) in [5.74, 6) is 0. The third-order valence-electron chi connectivity index (χ3n) is 9.84. The van der Waals surface area contributed by atoms with E-state index in [0.29, 0.717) is 0 Å². The molecule has 0 radical (unpaired) electrons. The molecule has 4 nitrogen and oxygen atoms in total. The highest BCUT2D eigenvalue weighted by Gasteiger charge is 2.19. The summed E-state index contributed by atoms with van der Waals surface area (Å²) in [4.78, 5) is 12.9. The summed E-state index contributed by atoms with van der Waals surface area (Å²) in [6.07, 6.45) is 24.1. The predicted octanol–water partition coefficient (Wildman–Crippen LogP) is 22.7. The number of benzene rings is 6. The van der Waals surface area contributed by atoms with Crippen LogP contribution in [-0.2, 0) is 0 Å². The summed E-state index contributed by atoms with van der Waals surface area (Å²) >= 11 is 4.30. The van der Waals surface area contributed by atoms with Gasteiger partial charge in [-0.2, -0.15) is 0 Å². The van der Waals surface area contributed by atoms with Gasteiger partial charge in [0.05, 0.1) is 0 Å². The van der Waals surface area contributed by atoms with E-state index in [4.69, 9.17) is 0 Å². The van der Waals surface area contributed by atoms with E-state index < -0.39 is 0 Å². The van der Waals surface area contributed by atoms with E-state index in [1.54, 1.807) is 0 Å². The zero-order valence-electron chi connectivity index (χ0n) is 46.2. The zero-order chi connectivity index (χ0) is 54.8. The molecule has 0 unspecified atom stereocenters. The average Bonchev–Trinajstić information content (AvgIpc) is 3.47. The molecule has 386 valence electrons. The minimum absolute atomic E-state index is 0.969. The van der Waals surface area contributed by atoms with Gasteiger partial charge in [0.15, 0.2) is 0 Å². The Balaban J connectivity index is 0.00000402. The lowest BCUT2D eigenvalue weighted by molar-refractivity contribution is 1.19. The molecular weight excluding hydrogens is 1110 g/mol. The van der Waals surface area contributed by atoms with Gasteiger partial charge in [0.2, 0.25) is 0 Å². The Labute approximate surface area is 471 Å². The van der Waals surface area contributed by atoms with Crippen molar-refractivity contribution in [1.82, 2.24) is 0 Å². The lowest BCUT2D eigenvalue weighted by atomic mass is 10.1. The van der Waals surface area contributed by atoms with Gasteiger partial charge in [-0.1, -0.05) is 211 Å². The molecule has 0 bridgehead atoms. The second-order valence-corrected chi connectivity index (χ2v) is 13.9. The van der Waals surface area contributed by atoms with E-state index in [1.807, 2.05) is 147 Å². The van der Waals surface area contributed by atoms with Crippen LogP contribution in [0, 0.1) is 0 Å². The molecule has 0 saturated heterocycles. The highest BCUT2D eigenvalue weighted by atomic mass is 127. The van der Waals surface area contributed by atoms with E-state index in [2.05, 4.69) is 260 Å². The van der Waals surface area contributed by atoms with E-state index in [0.717, 1.165) is 68.3 Å². The van der Waals surface area contributed by atoms with E-state index >= 15 is 0 Å². The van der Waals surface area contributed by atoms with Crippen molar-refractivity contribution in [2.45, 2.75) is 76.2 Å². The van der Waals surface area contributed by atoms with E-state index in [-0.39, 0.29) is 0 Å². The molecule has 0 aliphatic carbocycles. The van der Waals surface area contributed by atoms with Crippen LogP contribution in [0.2, 0.25) is 0 Å². The lowest BCUT2D eigenvalue weighted by Gasteiger charge is -2.30. The van der Waals surface area contributed by atoms with Crippen molar-refractivity contribution in [3.05, 3.63) is 274 Å². The molecule has 73 heavy (non-hydrogen) atoms. The van der Waals surface area contributed by atoms with Gasteiger partial charge in [-0.25, -0.2) is 0 Å². The van der Waals surface area contributed by atoms with Crippen LogP contribution in [0.15, 0.2) is 274 Å². The molecule has 0 atom stereocenters. The minimum atomic E-state index is 0.969. The van der Waals surface area contributed by atoms with Crippen LogP contribution in [0.25, 0.3) is 0 Å². The summed E-state index contributed by atoms with van der Waals surface area (Å²) in [7, 11) is 0. The number of anilines is 9. The van der Waals surface area contributed by atoms with Gasteiger partial charge < -0.3 is 19.6 Å². The normalized spacial score (nSPS) is 10.6. The van der Waals surface area contributed by atoms with E-state index in [9.17, 15) is 0 Å². The van der Waals surface area contributed by atoms with Crippen molar-refractivity contribution in [3.63, 3.8) is 0 Å².